The fraction of sp³-hybridized carbons (Fsp3) is 1.00. The van der Waals surface area contributed by atoms with Crippen molar-refractivity contribution in [1.29, 1.82) is 0 Å². The van der Waals surface area contributed by atoms with E-state index in [1.807, 2.05) is 6.92 Å². The number of unbranched alkanes of at least 4 members (excludes halogenated alkanes) is 4. The van der Waals surface area contributed by atoms with E-state index in [4.69, 9.17) is 9.05 Å². The van der Waals surface area contributed by atoms with E-state index in [0.29, 0.717) is 12.5 Å². The summed E-state index contributed by atoms with van der Waals surface area (Å²) in [6.45, 7) is 9.14. The molecule has 21 heavy (non-hydrogen) atoms. The maximum atomic E-state index is 11.8. The first kappa shape index (κ1) is 23.9. The van der Waals surface area contributed by atoms with Gasteiger partial charge in [-0.15, -0.1) is 0 Å². The fourth-order valence-electron chi connectivity index (χ4n) is 2.20. The minimum atomic E-state index is -2.31. The van der Waals surface area contributed by atoms with Gasteiger partial charge in [0.1, 0.15) is 0 Å². The Hall–Kier alpha value is 0.656. The quantitative estimate of drug-likeness (QED) is 0.280. The summed E-state index contributed by atoms with van der Waals surface area (Å²) in [5, 5.41) is 0. The summed E-state index contributed by atoms with van der Waals surface area (Å²) >= 11 is 0. The first-order chi connectivity index (χ1) is 9.63. The molecule has 0 heterocycles. The van der Waals surface area contributed by atoms with Crippen molar-refractivity contribution in [2.45, 2.75) is 91.6 Å². The third-order valence-electron chi connectivity index (χ3n) is 3.74. The van der Waals surface area contributed by atoms with E-state index >= 15 is 0 Å². The SMILES string of the molecule is CCCCCCC(C)O[PH](=O)OCC(CC)CCCC.[Co+2]. The van der Waals surface area contributed by atoms with Gasteiger partial charge in [0, 0.05) is 0 Å². The van der Waals surface area contributed by atoms with Crippen LogP contribution in [0.4, 0.5) is 0 Å². The minimum Gasteiger partial charge on any atom is -0.310 e. The van der Waals surface area contributed by atoms with E-state index in [1.165, 1.54) is 32.1 Å². The zero-order valence-corrected chi connectivity index (χ0v) is 16.3. The standard InChI is InChI=1S/C16H35O3P.Co/c1-5-8-10-11-12-15(4)19-20(17)18-14-16(7-3)13-9-6-2;/h15-16,20H,5-14H2,1-4H3;/q;+2. The molecule has 0 N–H and O–H groups in total. The van der Waals surface area contributed by atoms with Crippen molar-refractivity contribution >= 4 is 8.25 Å². The zero-order chi connectivity index (χ0) is 15.2. The molecule has 0 aromatic rings. The summed E-state index contributed by atoms with van der Waals surface area (Å²) < 4.78 is 22.6. The molecule has 3 unspecified atom stereocenters. The van der Waals surface area contributed by atoms with Gasteiger partial charge in [0.2, 0.25) is 0 Å². The molecule has 129 valence electrons. The number of hydrogen-bond acceptors (Lipinski definition) is 3. The van der Waals surface area contributed by atoms with Crippen molar-refractivity contribution in [3.63, 3.8) is 0 Å². The normalized spacial score (nSPS) is 15.2. The molecule has 5 heteroatoms. The second-order valence-electron chi connectivity index (χ2n) is 5.76. The van der Waals surface area contributed by atoms with Crippen LogP contribution in [0.25, 0.3) is 0 Å². The van der Waals surface area contributed by atoms with Crippen molar-refractivity contribution in [1.82, 2.24) is 0 Å². The predicted octanol–water partition coefficient (Wildman–Crippen LogP) is 5.98. The molecule has 0 fully saturated rings. The molecular formula is C16H35CoO3P+2. The van der Waals surface area contributed by atoms with Gasteiger partial charge in [0.15, 0.2) is 0 Å². The van der Waals surface area contributed by atoms with Crippen molar-refractivity contribution in [2.75, 3.05) is 6.61 Å². The van der Waals surface area contributed by atoms with Crippen LogP contribution in [0.1, 0.15) is 85.5 Å². The van der Waals surface area contributed by atoms with Crippen LogP contribution >= 0.6 is 8.25 Å². The average Bonchev–Trinajstić information content (AvgIpc) is 2.44. The van der Waals surface area contributed by atoms with Crippen molar-refractivity contribution in [3.8, 4) is 0 Å². The van der Waals surface area contributed by atoms with Gasteiger partial charge in [-0.1, -0.05) is 65.7 Å². The maximum absolute atomic E-state index is 11.8. The van der Waals surface area contributed by atoms with Gasteiger partial charge in [0.25, 0.3) is 0 Å². The van der Waals surface area contributed by atoms with Crippen LogP contribution in [0.5, 0.6) is 0 Å². The van der Waals surface area contributed by atoms with Crippen molar-refractivity contribution in [3.05, 3.63) is 0 Å². The number of rotatable bonds is 14. The largest absolute Gasteiger partial charge is 2.00 e. The van der Waals surface area contributed by atoms with Crippen LogP contribution in [0.2, 0.25) is 0 Å². The predicted molar refractivity (Wildman–Crippen MR) is 87.6 cm³/mol. The Morgan fingerprint density at radius 2 is 1.62 bits per heavy atom. The Balaban J connectivity index is 0. The molecule has 0 bridgehead atoms. The Morgan fingerprint density at radius 1 is 0.952 bits per heavy atom. The summed E-state index contributed by atoms with van der Waals surface area (Å²) in [5.41, 5.74) is 0. The van der Waals surface area contributed by atoms with Gasteiger partial charge in [0.05, 0.1) is 12.7 Å². The molecule has 0 amide bonds. The van der Waals surface area contributed by atoms with Crippen molar-refractivity contribution < 1.29 is 30.4 Å². The van der Waals surface area contributed by atoms with Crippen LogP contribution in [0, 0.1) is 5.92 Å². The van der Waals surface area contributed by atoms with Gasteiger partial charge >= 0.3 is 25.0 Å². The Kier molecular flexibility index (Phi) is 19.4. The summed E-state index contributed by atoms with van der Waals surface area (Å²) in [7, 11) is -2.31. The monoisotopic (exact) mass is 365 g/mol. The fourth-order valence-corrected chi connectivity index (χ4v) is 3.09. The average molecular weight is 365 g/mol. The summed E-state index contributed by atoms with van der Waals surface area (Å²) in [6, 6.07) is 0. The van der Waals surface area contributed by atoms with Gasteiger partial charge in [-0.25, -0.2) is 0 Å². The molecule has 1 radical (unpaired) electrons. The van der Waals surface area contributed by atoms with Crippen LogP contribution in [-0.4, -0.2) is 12.7 Å². The Morgan fingerprint density at radius 3 is 2.19 bits per heavy atom. The van der Waals surface area contributed by atoms with E-state index in [1.54, 1.807) is 0 Å². The van der Waals surface area contributed by atoms with E-state index in [-0.39, 0.29) is 22.9 Å². The Bertz CT molecular complexity index is 240. The van der Waals surface area contributed by atoms with Gasteiger partial charge in [-0.05, 0) is 25.7 Å². The van der Waals surface area contributed by atoms with Crippen LogP contribution < -0.4 is 0 Å². The molecule has 0 aliphatic carbocycles. The molecule has 0 aliphatic heterocycles. The zero-order valence-electron chi connectivity index (χ0n) is 14.3. The summed E-state index contributed by atoms with van der Waals surface area (Å²) in [5.74, 6) is 0.521. The minimum absolute atomic E-state index is 0. The molecular weight excluding hydrogens is 330 g/mol. The van der Waals surface area contributed by atoms with Crippen LogP contribution in [-0.2, 0) is 30.4 Å². The van der Waals surface area contributed by atoms with Gasteiger partial charge in [-0.3, -0.25) is 4.57 Å². The topological polar surface area (TPSA) is 35.5 Å². The molecule has 0 saturated carbocycles. The molecule has 0 aliphatic rings. The summed E-state index contributed by atoms with van der Waals surface area (Å²) in [6.07, 6.45) is 10.6. The van der Waals surface area contributed by atoms with Crippen molar-refractivity contribution in [2.24, 2.45) is 5.92 Å². The maximum Gasteiger partial charge on any atom is 2.00 e. The third kappa shape index (κ3) is 15.3. The van der Waals surface area contributed by atoms with Gasteiger partial charge < -0.3 is 9.05 Å². The van der Waals surface area contributed by atoms with E-state index in [0.717, 1.165) is 25.7 Å². The molecule has 3 atom stereocenters. The smallest absolute Gasteiger partial charge is 0.310 e. The molecule has 3 nitrogen and oxygen atoms in total. The van der Waals surface area contributed by atoms with Crippen LogP contribution in [0.15, 0.2) is 0 Å². The van der Waals surface area contributed by atoms with Gasteiger partial charge in [-0.2, -0.15) is 0 Å². The van der Waals surface area contributed by atoms with E-state index in [2.05, 4.69) is 20.8 Å². The second-order valence-corrected chi connectivity index (χ2v) is 6.78. The second kappa shape index (κ2) is 17.0. The first-order valence-corrected chi connectivity index (χ1v) is 9.69. The van der Waals surface area contributed by atoms with E-state index in [9.17, 15) is 4.57 Å². The third-order valence-corrected chi connectivity index (χ3v) is 4.74. The molecule has 0 aromatic carbocycles. The first-order valence-electron chi connectivity index (χ1n) is 8.47. The molecule has 0 aromatic heterocycles. The van der Waals surface area contributed by atoms with Crippen LogP contribution in [0.3, 0.4) is 0 Å². The molecule has 0 rings (SSSR count). The number of hydrogen-bond donors (Lipinski definition) is 0. The Labute approximate surface area is 143 Å². The molecule has 0 saturated heterocycles. The van der Waals surface area contributed by atoms with E-state index < -0.39 is 8.25 Å². The summed E-state index contributed by atoms with van der Waals surface area (Å²) in [4.78, 5) is 0. The molecule has 0 spiro atoms.